The molecule has 17 heavy (non-hydrogen) atoms. The number of oxazole rings is 1. The summed E-state index contributed by atoms with van der Waals surface area (Å²) in [7, 11) is 0. The van der Waals surface area contributed by atoms with Gasteiger partial charge in [0.05, 0.1) is 5.92 Å². The Morgan fingerprint density at radius 2 is 2.35 bits per heavy atom. The molecule has 2 rings (SSSR count). The normalized spacial score (nSPS) is 20.3. The Hall–Kier alpha value is -1.85. The average Bonchev–Trinajstić information content (AvgIpc) is 2.74. The molecule has 1 saturated heterocycles. The van der Waals surface area contributed by atoms with E-state index in [0.29, 0.717) is 25.1 Å². The summed E-state index contributed by atoms with van der Waals surface area (Å²) in [5, 5.41) is 8.95. The van der Waals surface area contributed by atoms with E-state index < -0.39 is 11.9 Å². The van der Waals surface area contributed by atoms with Gasteiger partial charge in [0.1, 0.15) is 5.76 Å². The van der Waals surface area contributed by atoms with E-state index in [1.54, 1.807) is 6.92 Å². The lowest BCUT2D eigenvalue weighted by molar-refractivity contribution is -0.143. The van der Waals surface area contributed by atoms with Gasteiger partial charge in [-0.25, -0.2) is 4.98 Å². The lowest BCUT2D eigenvalue weighted by Crippen LogP contribution is -2.42. The molecule has 0 aliphatic carbocycles. The summed E-state index contributed by atoms with van der Waals surface area (Å²) >= 11 is 0. The summed E-state index contributed by atoms with van der Waals surface area (Å²) in [4.78, 5) is 28.4. The molecule has 1 aliphatic rings. The number of aryl methyl sites for hydroxylation is 1. The maximum absolute atomic E-state index is 12.1. The third-order valence-corrected chi connectivity index (χ3v) is 3.01. The first-order valence-electron chi connectivity index (χ1n) is 5.51. The summed E-state index contributed by atoms with van der Waals surface area (Å²) in [6, 6.07) is 0. The number of carboxylic acid groups (broad SMARTS) is 1. The first-order chi connectivity index (χ1) is 8.09. The van der Waals surface area contributed by atoms with Gasteiger partial charge in [-0.3, -0.25) is 9.59 Å². The van der Waals surface area contributed by atoms with Gasteiger partial charge in [-0.2, -0.15) is 0 Å². The number of amides is 1. The summed E-state index contributed by atoms with van der Waals surface area (Å²) in [5.41, 5.74) is 0.274. The van der Waals surface area contributed by atoms with Crippen LogP contribution in [0.5, 0.6) is 0 Å². The second-order valence-electron chi connectivity index (χ2n) is 4.19. The average molecular weight is 238 g/mol. The van der Waals surface area contributed by atoms with Crippen molar-refractivity contribution in [3.63, 3.8) is 0 Å². The van der Waals surface area contributed by atoms with E-state index in [-0.39, 0.29) is 18.1 Å². The van der Waals surface area contributed by atoms with E-state index >= 15 is 0 Å². The van der Waals surface area contributed by atoms with Crippen LogP contribution in [0.4, 0.5) is 0 Å². The van der Waals surface area contributed by atoms with Crippen molar-refractivity contribution in [3.8, 4) is 0 Å². The van der Waals surface area contributed by atoms with Gasteiger partial charge in [0.15, 0.2) is 12.1 Å². The molecule has 1 N–H and O–H groups in total. The molecule has 2 heterocycles. The number of piperidine rings is 1. The summed E-state index contributed by atoms with van der Waals surface area (Å²) in [6.07, 6.45) is 2.55. The monoisotopic (exact) mass is 238 g/mol. The number of carbonyl (C=O) groups excluding carboxylic acids is 1. The van der Waals surface area contributed by atoms with Crippen molar-refractivity contribution in [3.05, 3.63) is 17.8 Å². The number of aromatic nitrogens is 1. The van der Waals surface area contributed by atoms with E-state index in [4.69, 9.17) is 9.52 Å². The summed E-state index contributed by atoms with van der Waals surface area (Å²) < 4.78 is 4.98. The molecule has 0 radical (unpaired) electrons. The Morgan fingerprint density at radius 3 is 2.94 bits per heavy atom. The third-order valence-electron chi connectivity index (χ3n) is 3.01. The minimum absolute atomic E-state index is 0.248. The van der Waals surface area contributed by atoms with Crippen molar-refractivity contribution in [2.24, 2.45) is 5.92 Å². The first kappa shape index (κ1) is 11.6. The maximum Gasteiger partial charge on any atom is 0.308 e. The minimum atomic E-state index is -0.848. The largest absolute Gasteiger partial charge is 0.481 e. The number of nitrogens with zero attached hydrogens (tertiary/aromatic N) is 2. The predicted molar refractivity (Wildman–Crippen MR) is 57.5 cm³/mol. The van der Waals surface area contributed by atoms with Gasteiger partial charge in [-0.15, -0.1) is 0 Å². The zero-order valence-electron chi connectivity index (χ0n) is 9.55. The van der Waals surface area contributed by atoms with Crippen LogP contribution in [-0.2, 0) is 4.79 Å². The van der Waals surface area contributed by atoms with Crippen LogP contribution in [0.15, 0.2) is 10.8 Å². The quantitative estimate of drug-likeness (QED) is 0.828. The highest BCUT2D eigenvalue weighted by Gasteiger charge is 2.30. The Labute approximate surface area is 98.2 Å². The second-order valence-corrected chi connectivity index (χ2v) is 4.19. The second kappa shape index (κ2) is 4.57. The lowest BCUT2D eigenvalue weighted by atomic mass is 9.98. The highest BCUT2D eigenvalue weighted by Crippen LogP contribution is 2.19. The zero-order valence-corrected chi connectivity index (χ0v) is 9.55. The molecular formula is C11H14N2O4. The minimum Gasteiger partial charge on any atom is -0.481 e. The fraction of sp³-hybridized carbons (Fsp3) is 0.545. The number of carboxylic acids is 1. The van der Waals surface area contributed by atoms with Crippen molar-refractivity contribution in [1.29, 1.82) is 0 Å². The molecule has 1 fully saturated rings. The molecule has 0 saturated carbocycles. The van der Waals surface area contributed by atoms with Crippen LogP contribution < -0.4 is 0 Å². The molecular weight excluding hydrogens is 224 g/mol. The standard InChI is InChI=1S/C11H14N2O4/c1-7-9(12-6-17-7)10(14)13-4-2-3-8(5-13)11(15)16/h6,8H,2-5H2,1H3,(H,15,16)/t8-/m0/s1. The van der Waals surface area contributed by atoms with Gasteiger partial charge in [-0.1, -0.05) is 0 Å². The zero-order chi connectivity index (χ0) is 12.4. The highest BCUT2D eigenvalue weighted by molar-refractivity contribution is 5.93. The molecule has 6 nitrogen and oxygen atoms in total. The topological polar surface area (TPSA) is 83.6 Å². The molecule has 1 atom stereocenters. The van der Waals surface area contributed by atoms with Crippen molar-refractivity contribution >= 4 is 11.9 Å². The smallest absolute Gasteiger partial charge is 0.308 e. The number of hydrogen-bond acceptors (Lipinski definition) is 4. The molecule has 0 bridgehead atoms. The van der Waals surface area contributed by atoms with Crippen molar-refractivity contribution < 1.29 is 19.1 Å². The van der Waals surface area contributed by atoms with Crippen LogP contribution in [0.25, 0.3) is 0 Å². The first-order valence-corrected chi connectivity index (χ1v) is 5.51. The van der Waals surface area contributed by atoms with E-state index in [1.165, 1.54) is 11.3 Å². The highest BCUT2D eigenvalue weighted by atomic mass is 16.4. The Kier molecular flexibility index (Phi) is 3.12. The van der Waals surface area contributed by atoms with Crippen molar-refractivity contribution in [2.45, 2.75) is 19.8 Å². The molecule has 1 amide bonds. The number of likely N-dealkylation sites (tertiary alicyclic amines) is 1. The molecule has 1 aromatic heterocycles. The van der Waals surface area contributed by atoms with Gasteiger partial charge < -0.3 is 14.4 Å². The SMILES string of the molecule is Cc1ocnc1C(=O)N1CCC[C@H](C(=O)O)C1. The maximum atomic E-state index is 12.1. The van der Waals surface area contributed by atoms with E-state index in [2.05, 4.69) is 4.98 Å². The third kappa shape index (κ3) is 2.30. The van der Waals surface area contributed by atoms with Gasteiger partial charge in [-0.05, 0) is 19.8 Å². The van der Waals surface area contributed by atoms with Crippen molar-refractivity contribution in [2.75, 3.05) is 13.1 Å². The van der Waals surface area contributed by atoms with E-state index in [9.17, 15) is 9.59 Å². The van der Waals surface area contributed by atoms with Crippen LogP contribution in [-0.4, -0.2) is 40.0 Å². The molecule has 1 aliphatic heterocycles. The van der Waals surface area contributed by atoms with Crippen molar-refractivity contribution in [1.82, 2.24) is 9.88 Å². The van der Waals surface area contributed by atoms with E-state index in [0.717, 1.165) is 0 Å². The predicted octanol–water partition coefficient (Wildman–Crippen LogP) is 0.920. The molecule has 0 spiro atoms. The number of carbonyl (C=O) groups is 2. The Balaban J connectivity index is 2.10. The van der Waals surface area contributed by atoms with Crippen LogP contribution >= 0.6 is 0 Å². The summed E-state index contributed by atoms with van der Waals surface area (Å²) in [6.45, 7) is 2.49. The van der Waals surface area contributed by atoms with Crippen LogP contribution in [0, 0.1) is 12.8 Å². The van der Waals surface area contributed by atoms with Gasteiger partial charge in [0, 0.05) is 13.1 Å². The number of hydrogen-bond donors (Lipinski definition) is 1. The van der Waals surface area contributed by atoms with Gasteiger partial charge in [0.2, 0.25) is 0 Å². The van der Waals surface area contributed by atoms with Crippen LogP contribution in [0.3, 0.4) is 0 Å². The Morgan fingerprint density at radius 1 is 1.59 bits per heavy atom. The van der Waals surface area contributed by atoms with Gasteiger partial charge in [0.25, 0.3) is 5.91 Å². The fourth-order valence-electron chi connectivity index (χ4n) is 2.02. The van der Waals surface area contributed by atoms with Crippen LogP contribution in [0.2, 0.25) is 0 Å². The van der Waals surface area contributed by atoms with Gasteiger partial charge >= 0.3 is 5.97 Å². The molecule has 6 heteroatoms. The molecule has 92 valence electrons. The molecule has 1 aromatic rings. The molecule has 0 aromatic carbocycles. The number of rotatable bonds is 2. The van der Waals surface area contributed by atoms with Crippen LogP contribution in [0.1, 0.15) is 29.1 Å². The van der Waals surface area contributed by atoms with E-state index in [1.807, 2.05) is 0 Å². The number of aliphatic carboxylic acids is 1. The molecule has 0 unspecified atom stereocenters. The fourth-order valence-corrected chi connectivity index (χ4v) is 2.02. The lowest BCUT2D eigenvalue weighted by Gasteiger charge is -2.30. The Bertz CT molecular complexity index is 440. The summed E-state index contributed by atoms with van der Waals surface area (Å²) in [5.74, 6) is -1.10.